The summed E-state index contributed by atoms with van der Waals surface area (Å²) in [7, 11) is 0. The molecule has 18 heavy (non-hydrogen) atoms. The lowest BCUT2D eigenvalue weighted by atomic mass is 10.0. The predicted molar refractivity (Wildman–Crippen MR) is 73.3 cm³/mol. The lowest BCUT2D eigenvalue weighted by molar-refractivity contribution is -0.151. The molecule has 1 aromatic rings. The second-order valence-corrected chi connectivity index (χ2v) is 5.25. The number of ether oxygens (including phenoxy) is 1. The zero-order chi connectivity index (χ0) is 13.6. The lowest BCUT2D eigenvalue weighted by Gasteiger charge is -2.28. The van der Waals surface area contributed by atoms with E-state index in [4.69, 9.17) is 4.74 Å². The van der Waals surface area contributed by atoms with Gasteiger partial charge < -0.3 is 10.1 Å². The zero-order valence-corrected chi connectivity index (χ0v) is 12.7. The molecule has 1 N–H and O–H groups in total. The number of carbonyl (C=O) groups excluding carboxylic acids is 1. The summed E-state index contributed by atoms with van der Waals surface area (Å²) in [5.41, 5.74) is -0.752. The molecule has 6 heteroatoms. The molecule has 5 nitrogen and oxygen atoms in total. The van der Waals surface area contributed by atoms with Gasteiger partial charge in [0, 0.05) is 6.20 Å². The molecule has 0 radical (unpaired) electrons. The Hall–Kier alpha value is -0.880. The highest BCUT2D eigenvalue weighted by molar-refractivity contribution is 9.10. The fourth-order valence-electron chi connectivity index (χ4n) is 1.63. The van der Waals surface area contributed by atoms with E-state index in [0.717, 1.165) is 17.4 Å². The molecule has 0 aliphatic heterocycles. The van der Waals surface area contributed by atoms with Crippen molar-refractivity contribution in [3.05, 3.63) is 16.9 Å². The molecule has 1 rings (SSSR count). The summed E-state index contributed by atoms with van der Waals surface area (Å²) >= 11 is 3.34. The third-order valence-corrected chi connectivity index (χ3v) is 2.98. The number of hydrogen-bond donors (Lipinski definition) is 1. The maximum atomic E-state index is 12.0. The number of hydrogen-bond acceptors (Lipinski definition) is 4. The summed E-state index contributed by atoms with van der Waals surface area (Å²) in [6, 6.07) is 0. The van der Waals surface area contributed by atoms with Crippen LogP contribution in [0, 0.1) is 0 Å². The van der Waals surface area contributed by atoms with Crippen molar-refractivity contribution >= 4 is 21.9 Å². The van der Waals surface area contributed by atoms with Gasteiger partial charge in [0.2, 0.25) is 0 Å². The van der Waals surface area contributed by atoms with E-state index >= 15 is 0 Å². The van der Waals surface area contributed by atoms with Gasteiger partial charge in [-0.25, -0.2) is 4.79 Å². The van der Waals surface area contributed by atoms with Crippen LogP contribution >= 0.6 is 15.9 Å². The number of aromatic nitrogens is 2. The average Bonchev–Trinajstić information content (AvgIpc) is 2.72. The van der Waals surface area contributed by atoms with Crippen molar-refractivity contribution in [3.63, 3.8) is 0 Å². The van der Waals surface area contributed by atoms with Crippen molar-refractivity contribution in [3.8, 4) is 0 Å². The Bertz CT molecular complexity index is 394. The third-order valence-electron chi connectivity index (χ3n) is 2.57. The number of halogens is 1. The van der Waals surface area contributed by atoms with Crippen molar-refractivity contribution in [2.75, 3.05) is 13.2 Å². The maximum absolute atomic E-state index is 12.0. The monoisotopic (exact) mass is 317 g/mol. The molecule has 0 bridgehead atoms. The third kappa shape index (κ3) is 4.10. The largest absolute Gasteiger partial charge is 0.465 e. The Morgan fingerprint density at radius 3 is 2.83 bits per heavy atom. The first-order chi connectivity index (χ1) is 8.51. The average molecular weight is 318 g/mol. The quantitative estimate of drug-likeness (QED) is 0.781. The number of esters is 1. The second-order valence-electron chi connectivity index (χ2n) is 4.34. The van der Waals surface area contributed by atoms with Crippen LogP contribution in [-0.4, -0.2) is 34.4 Å². The van der Waals surface area contributed by atoms with E-state index < -0.39 is 5.54 Å². The maximum Gasteiger partial charge on any atom is 0.327 e. The molecular weight excluding hydrogens is 298 g/mol. The topological polar surface area (TPSA) is 56.2 Å². The molecule has 0 saturated carbocycles. The smallest absolute Gasteiger partial charge is 0.327 e. The van der Waals surface area contributed by atoms with E-state index in [9.17, 15) is 4.79 Å². The Morgan fingerprint density at radius 2 is 2.33 bits per heavy atom. The Morgan fingerprint density at radius 1 is 1.61 bits per heavy atom. The molecule has 1 aromatic heterocycles. The predicted octanol–water partition coefficient (Wildman–Crippen LogP) is 1.97. The normalized spacial score (nSPS) is 14.2. The van der Waals surface area contributed by atoms with Crippen LogP contribution < -0.4 is 5.32 Å². The van der Waals surface area contributed by atoms with E-state index in [2.05, 4.69) is 33.3 Å². The fraction of sp³-hybridized carbons (Fsp3) is 0.667. The van der Waals surface area contributed by atoms with Gasteiger partial charge in [-0.2, -0.15) is 5.10 Å². The molecule has 0 amide bonds. The van der Waals surface area contributed by atoms with Crippen LogP contribution in [0.2, 0.25) is 0 Å². The first kappa shape index (κ1) is 15.2. The summed E-state index contributed by atoms with van der Waals surface area (Å²) < 4.78 is 7.75. The van der Waals surface area contributed by atoms with Crippen molar-refractivity contribution in [1.29, 1.82) is 0 Å². The van der Waals surface area contributed by atoms with Crippen LogP contribution in [-0.2, 0) is 16.1 Å². The number of nitrogens with zero attached hydrogens (tertiary/aromatic N) is 2. The van der Waals surface area contributed by atoms with E-state index in [1.807, 2.05) is 20.0 Å². The Labute approximate surface area is 116 Å². The summed E-state index contributed by atoms with van der Waals surface area (Å²) in [6.07, 6.45) is 4.49. The van der Waals surface area contributed by atoms with E-state index in [1.54, 1.807) is 10.9 Å². The van der Waals surface area contributed by atoms with Crippen LogP contribution in [0.15, 0.2) is 16.9 Å². The molecule has 0 aliphatic rings. The first-order valence-corrected chi connectivity index (χ1v) is 6.91. The van der Waals surface area contributed by atoms with Gasteiger partial charge >= 0.3 is 5.97 Å². The minimum atomic E-state index is -0.752. The van der Waals surface area contributed by atoms with Gasteiger partial charge in [-0.15, -0.1) is 0 Å². The van der Waals surface area contributed by atoms with Gasteiger partial charge in [-0.1, -0.05) is 6.92 Å². The second kappa shape index (κ2) is 6.89. The number of rotatable bonds is 7. The molecule has 0 saturated heterocycles. The molecule has 0 aliphatic carbocycles. The molecule has 0 spiro atoms. The van der Waals surface area contributed by atoms with Crippen LogP contribution in [0.3, 0.4) is 0 Å². The van der Waals surface area contributed by atoms with Gasteiger partial charge in [-0.3, -0.25) is 4.68 Å². The molecule has 102 valence electrons. The standard InChI is InChI=1S/C12H20BrN3O2/c1-4-6-14-12(3,11(17)18-5-2)9-16-8-10(13)7-15-16/h7-8,14H,4-6,9H2,1-3H3. The van der Waals surface area contributed by atoms with Gasteiger partial charge in [0.05, 0.1) is 23.8 Å². The summed E-state index contributed by atoms with van der Waals surface area (Å²) in [4.78, 5) is 12.0. The van der Waals surface area contributed by atoms with Crippen LogP contribution in [0.1, 0.15) is 27.2 Å². The van der Waals surface area contributed by atoms with Crippen LogP contribution in [0.5, 0.6) is 0 Å². The van der Waals surface area contributed by atoms with Gasteiger partial charge in [-0.05, 0) is 42.7 Å². The SMILES string of the molecule is CCCNC(C)(Cn1cc(Br)cn1)C(=O)OCC. The van der Waals surface area contributed by atoms with Crippen molar-refractivity contribution in [1.82, 2.24) is 15.1 Å². The van der Waals surface area contributed by atoms with Crippen molar-refractivity contribution in [2.24, 2.45) is 0 Å². The summed E-state index contributed by atoms with van der Waals surface area (Å²) in [5, 5.41) is 7.41. The lowest BCUT2D eigenvalue weighted by Crippen LogP contribution is -2.53. The van der Waals surface area contributed by atoms with Crippen LogP contribution in [0.25, 0.3) is 0 Å². The van der Waals surface area contributed by atoms with Gasteiger partial charge in [0.25, 0.3) is 0 Å². The fourth-order valence-corrected chi connectivity index (χ4v) is 1.96. The van der Waals surface area contributed by atoms with Gasteiger partial charge in [0.15, 0.2) is 0 Å². The molecule has 1 atom stereocenters. The first-order valence-electron chi connectivity index (χ1n) is 6.12. The molecule has 0 fully saturated rings. The van der Waals surface area contributed by atoms with Crippen molar-refractivity contribution in [2.45, 2.75) is 39.3 Å². The highest BCUT2D eigenvalue weighted by Crippen LogP contribution is 2.13. The van der Waals surface area contributed by atoms with E-state index in [0.29, 0.717) is 13.2 Å². The van der Waals surface area contributed by atoms with E-state index in [1.165, 1.54) is 0 Å². The molecule has 1 heterocycles. The summed E-state index contributed by atoms with van der Waals surface area (Å²) in [6.45, 7) is 7.29. The minimum Gasteiger partial charge on any atom is -0.465 e. The molecule has 0 aromatic carbocycles. The van der Waals surface area contributed by atoms with Crippen molar-refractivity contribution < 1.29 is 9.53 Å². The minimum absolute atomic E-state index is 0.245. The summed E-state index contributed by atoms with van der Waals surface area (Å²) in [5.74, 6) is -0.245. The highest BCUT2D eigenvalue weighted by Gasteiger charge is 2.34. The number of carbonyl (C=O) groups is 1. The molecular formula is C12H20BrN3O2. The van der Waals surface area contributed by atoms with E-state index in [-0.39, 0.29) is 5.97 Å². The van der Waals surface area contributed by atoms with Crippen LogP contribution in [0.4, 0.5) is 0 Å². The number of nitrogens with one attached hydrogen (secondary N) is 1. The van der Waals surface area contributed by atoms with Gasteiger partial charge in [0.1, 0.15) is 5.54 Å². The highest BCUT2D eigenvalue weighted by atomic mass is 79.9. The zero-order valence-electron chi connectivity index (χ0n) is 11.1. The molecule has 1 unspecified atom stereocenters. The Balaban J connectivity index is 2.79. The Kier molecular flexibility index (Phi) is 5.81.